The third-order valence-corrected chi connectivity index (χ3v) is 0.750. The van der Waals surface area contributed by atoms with Gasteiger partial charge in [0, 0.05) is 6.54 Å². The molecule has 0 radical (unpaired) electrons. The van der Waals surface area contributed by atoms with Crippen LogP contribution in [0.2, 0.25) is 0 Å². The van der Waals surface area contributed by atoms with E-state index in [-0.39, 0.29) is 0 Å². The van der Waals surface area contributed by atoms with Crippen LogP contribution in [0, 0.1) is 0 Å². The minimum Gasteiger partial charge on any atom is -0.470 e. The molecule has 0 aliphatic heterocycles. The van der Waals surface area contributed by atoms with Gasteiger partial charge in [-0.15, -0.1) is 0 Å². The monoisotopic (exact) mass is 103 g/mol. The van der Waals surface area contributed by atoms with Crippen LogP contribution < -0.4 is 10.3 Å². The lowest BCUT2D eigenvalue weighted by molar-refractivity contribution is -0.824. The Hall–Kier alpha value is -0.120. The molecule has 0 saturated heterocycles. The van der Waals surface area contributed by atoms with Crippen LogP contribution in [0.15, 0.2) is 0 Å². The van der Waals surface area contributed by atoms with Gasteiger partial charge in [0.2, 0.25) is 0 Å². The lowest BCUT2D eigenvalue weighted by Gasteiger charge is -2.13. The van der Waals surface area contributed by atoms with Crippen molar-refractivity contribution < 1.29 is 5.01 Å². The molecule has 0 fully saturated rings. The Morgan fingerprint density at radius 3 is 2.43 bits per heavy atom. The minimum absolute atomic E-state index is 0.745. The van der Waals surface area contributed by atoms with E-state index in [1.165, 1.54) is 0 Å². The van der Waals surface area contributed by atoms with E-state index in [9.17, 15) is 0 Å². The van der Waals surface area contributed by atoms with Gasteiger partial charge in [-0.1, -0.05) is 0 Å². The first-order chi connectivity index (χ1) is 3.27. The van der Waals surface area contributed by atoms with Crippen LogP contribution in [-0.4, -0.2) is 27.2 Å². The highest BCUT2D eigenvalue weighted by Crippen LogP contribution is 1.41. The molecule has 0 aliphatic rings. The Morgan fingerprint density at radius 1 is 1.71 bits per heavy atom. The number of quaternary nitrogens is 1. The summed E-state index contributed by atoms with van der Waals surface area (Å²) in [5.74, 6) is 6.96. The Balaban J connectivity index is 2.68. The average molecular weight is 103 g/mol. The third kappa shape index (κ3) is 5.88. The molecule has 3 N–H and O–H groups in total. The summed E-state index contributed by atoms with van der Waals surface area (Å²) < 4.78 is 0. The molecule has 0 bridgehead atoms. The minimum atomic E-state index is 0.745. The second-order valence-electron chi connectivity index (χ2n) is 1.63. The fourth-order valence-electron chi connectivity index (χ4n) is 0.312. The lowest BCUT2D eigenvalue weighted by Crippen LogP contribution is -3.02. The maximum Gasteiger partial charge on any atom is 0.0806 e. The van der Waals surface area contributed by atoms with Crippen molar-refractivity contribution in [3.63, 3.8) is 0 Å². The number of rotatable bonds is 3. The van der Waals surface area contributed by atoms with E-state index in [0.29, 0.717) is 0 Å². The fourth-order valence-corrected chi connectivity index (χ4v) is 0.312. The molecule has 0 rings (SSSR count). The molecule has 44 valence electrons. The quantitative estimate of drug-likeness (QED) is 0.428. The molecule has 0 aromatic carbocycles. The standard InChI is InChI=1S/C4H13N3/c1-6-3-4-7(2)5/h5-7H,3-4H2,1-2H3. The van der Waals surface area contributed by atoms with Gasteiger partial charge in [0.05, 0.1) is 13.6 Å². The molecule has 0 spiro atoms. The second-order valence-corrected chi connectivity index (χ2v) is 1.63. The molecule has 0 aliphatic carbocycles. The molecule has 0 aromatic heterocycles. The van der Waals surface area contributed by atoms with Crippen molar-refractivity contribution in [3.8, 4) is 0 Å². The van der Waals surface area contributed by atoms with Gasteiger partial charge in [-0.25, -0.2) is 0 Å². The van der Waals surface area contributed by atoms with Crippen molar-refractivity contribution >= 4 is 0 Å². The molecule has 0 heterocycles. The molecule has 3 nitrogen and oxygen atoms in total. The first-order valence-electron chi connectivity index (χ1n) is 2.46. The van der Waals surface area contributed by atoms with Crippen LogP contribution >= 0.6 is 0 Å². The summed E-state index contributed by atoms with van der Waals surface area (Å²) in [7, 11) is 3.71. The van der Waals surface area contributed by atoms with E-state index in [0.717, 1.165) is 18.1 Å². The van der Waals surface area contributed by atoms with Crippen molar-refractivity contribution in [1.29, 1.82) is 0 Å². The molecule has 0 saturated carbocycles. The molecule has 0 amide bonds. The van der Waals surface area contributed by atoms with E-state index in [1.54, 1.807) is 0 Å². The predicted molar refractivity (Wildman–Crippen MR) is 30.0 cm³/mol. The summed E-state index contributed by atoms with van der Waals surface area (Å²) in [5, 5.41) is 3.70. The number of likely N-dealkylation sites (N-methyl/N-ethyl adjacent to an activating group) is 2. The van der Waals surface area contributed by atoms with Crippen molar-refractivity contribution in [2.45, 2.75) is 0 Å². The highest BCUT2D eigenvalue weighted by atomic mass is 15.4. The van der Waals surface area contributed by atoms with Crippen molar-refractivity contribution in [2.24, 2.45) is 0 Å². The van der Waals surface area contributed by atoms with E-state index in [4.69, 9.17) is 5.84 Å². The first-order valence-corrected chi connectivity index (χ1v) is 2.46. The maximum atomic E-state index is 6.96. The summed E-state index contributed by atoms with van der Waals surface area (Å²) >= 11 is 0. The van der Waals surface area contributed by atoms with Crippen molar-refractivity contribution in [3.05, 3.63) is 5.84 Å². The Bertz CT molecular complexity index is 35.9. The largest absolute Gasteiger partial charge is 0.470 e. The van der Waals surface area contributed by atoms with Crippen molar-refractivity contribution in [1.82, 2.24) is 5.32 Å². The third-order valence-electron chi connectivity index (χ3n) is 0.750. The Kier molecular flexibility index (Phi) is 3.98. The first kappa shape index (κ1) is 6.88. The average Bonchev–Trinajstić information content (AvgIpc) is 1.61. The zero-order chi connectivity index (χ0) is 5.70. The molecule has 1 unspecified atom stereocenters. The summed E-state index contributed by atoms with van der Waals surface area (Å²) in [4.78, 5) is 0. The zero-order valence-electron chi connectivity index (χ0n) is 4.91. The van der Waals surface area contributed by atoms with Gasteiger partial charge in [-0.3, -0.25) is 0 Å². The summed E-state index contributed by atoms with van der Waals surface area (Å²) in [6, 6.07) is 0. The topological polar surface area (TPSA) is 40.3 Å². The molecule has 7 heavy (non-hydrogen) atoms. The van der Waals surface area contributed by atoms with Gasteiger partial charge in [0.25, 0.3) is 0 Å². The molecule has 0 aromatic rings. The van der Waals surface area contributed by atoms with Gasteiger partial charge in [-0.2, -0.15) is 0 Å². The number of hydrogen-bond donors (Lipinski definition) is 2. The molecule has 3 heteroatoms. The highest BCUT2D eigenvalue weighted by molar-refractivity contribution is 4.30. The molecular formula is C4H13N3. The number of hydrogen-bond acceptors (Lipinski definition) is 1. The summed E-state index contributed by atoms with van der Waals surface area (Å²) in [6.07, 6.45) is 0. The van der Waals surface area contributed by atoms with E-state index in [1.807, 2.05) is 14.1 Å². The molecule has 1 atom stereocenters. The molecular weight excluding hydrogens is 90.1 g/mol. The second kappa shape index (κ2) is 4.05. The van der Waals surface area contributed by atoms with Gasteiger partial charge >= 0.3 is 0 Å². The van der Waals surface area contributed by atoms with Gasteiger partial charge in [0.1, 0.15) is 0 Å². The van der Waals surface area contributed by atoms with Crippen LogP contribution in [0.25, 0.3) is 5.84 Å². The fraction of sp³-hybridized carbons (Fsp3) is 1.00. The van der Waals surface area contributed by atoms with Crippen LogP contribution in [-0.2, 0) is 0 Å². The summed E-state index contributed by atoms with van der Waals surface area (Å²) in [6.45, 7) is 1.80. The van der Waals surface area contributed by atoms with Gasteiger partial charge in [0.15, 0.2) is 0 Å². The van der Waals surface area contributed by atoms with Crippen LogP contribution in [0.3, 0.4) is 0 Å². The van der Waals surface area contributed by atoms with Crippen molar-refractivity contribution in [2.75, 3.05) is 27.2 Å². The van der Waals surface area contributed by atoms with Crippen LogP contribution in [0.5, 0.6) is 0 Å². The predicted octanol–water partition coefficient (Wildman–Crippen LogP) is -1.31. The highest BCUT2D eigenvalue weighted by Gasteiger charge is 1.81. The van der Waals surface area contributed by atoms with Crippen LogP contribution in [0.4, 0.5) is 0 Å². The smallest absolute Gasteiger partial charge is 0.0806 e. The normalized spacial score (nSPS) is 14.1. The van der Waals surface area contributed by atoms with Gasteiger partial charge in [-0.05, 0) is 7.05 Å². The summed E-state index contributed by atoms with van der Waals surface area (Å²) in [5.41, 5.74) is 0. The Labute approximate surface area is 44.5 Å². The van der Waals surface area contributed by atoms with E-state index < -0.39 is 0 Å². The lowest BCUT2D eigenvalue weighted by atomic mass is 10.6. The van der Waals surface area contributed by atoms with Gasteiger partial charge < -0.3 is 16.2 Å². The number of nitrogens with one attached hydrogen (secondary N) is 3. The zero-order valence-corrected chi connectivity index (χ0v) is 4.91. The van der Waals surface area contributed by atoms with E-state index in [2.05, 4.69) is 5.32 Å². The van der Waals surface area contributed by atoms with Crippen LogP contribution in [0.1, 0.15) is 0 Å². The Morgan fingerprint density at radius 2 is 2.29 bits per heavy atom. The SMILES string of the molecule is CNCC[NH+](C)[NH-]. The maximum absolute atomic E-state index is 6.96. The van der Waals surface area contributed by atoms with E-state index >= 15 is 0 Å².